The summed E-state index contributed by atoms with van der Waals surface area (Å²) >= 11 is 0. The standard InChI is InChI=1S/C15H21NOSi.Ti/c1-15(2,3)16(4)18(17)11-13-10-9-12-7-5-6-8-14(12)13;/h5-10,13H,11H2,1-4H3;. The number of fused-ring (bicyclic) bond motifs is 1. The van der Waals surface area contributed by atoms with E-state index in [1.54, 1.807) is 0 Å². The van der Waals surface area contributed by atoms with Gasteiger partial charge in [0.15, 0.2) is 0 Å². The van der Waals surface area contributed by atoms with Crippen LogP contribution in [-0.4, -0.2) is 26.0 Å². The Labute approximate surface area is 132 Å². The van der Waals surface area contributed by atoms with E-state index in [0.717, 1.165) is 6.04 Å². The zero-order valence-electron chi connectivity index (χ0n) is 12.1. The summed E-state index contributed by atoms with van der Waals surface area (Å²) in [6.45, 7) is 6.32. The largest absolute Gasteiger partial charge is 0.395 e. The third-order valence-electron chi connectivity index (χ3n) is 3.68. The molecule has 0 saturated heterocycles. The van der Waals surface area contributed by atoms with Crippen LogP contribution in [0.5, 0.6) is 0 Å². The van der Waals surface area contributed by atoms with Crippen LogP contribution >= 0.6 is 0 Å². The average molecular weight is 307 g/mol. The van der Waals surface area contributed by atoms with Crippen LogP contribution in [0.1, 0.15) is 37.8 Å². The Kier molecular flexibility index (Phi) is 5.48. The molecule has 0 fully saturated rings. The van der Waals surface area contributed by atoms with E-state index < -0.39 is 8.84 Å². The second kappa shape index (κ2) is 6.29. The summed E-state index contributed by atoms with van der Waals surface area (Å²) in [4.78, 5) is 0. The van der Waals surface area contributed by atoms with Crippen molar-refractivity contribution >= 4 is 14.9 Å². The summed E-state index contributed by atoms with van der Waals surface area (Å²) in [5.74, 6) is 0.317. The first-order chi connectivity index (χ1) is 8.39. The van der Waals surface area contributed by atoms with Crippen molar-refractivity contribution < 1.29 is 26.2 Å². The van der Waals surface area contributed by atoms with Crippen LogP contribution in [0, 0.1) is 0 Å². The van der Waals surface area contributed by atoms with Crippen molar-refractivity contribution in [2.24, 2.45) is 0 Å². The molecule has 0 radical (unpaired) electrons. The molecule has 1 aliphatic rings. The molecule has 100 valence electrons. The maximum Gasteiger partial charge on any atom is 0.395 e. The maximum absolute atomic E-state index is 12.4. The van der Waals surface area contributed by atoms with Gasteiger partial charge in [0.1, 0.15) is 0 Å². The van der Waals surface area contributed by atoms with Gasteiger partial charge in [0.2, 0.25) is 0 Å². The van der Waals surface area contributed by atoms with Gasteiger partial charge < -0.3 is 9.03 Å². The third-order valence-corrected chi connectivity index (χ3v) is 5.89. The summed E-state index contributed by atoms with van der Waals surface area (Å²) in [7, 11) is 0.247. The Morgan fingerprint density at radius 3 is 2.53 bits per heavy atom. The van der Waals surface area contributed by atoms with E-state index in [4.69, 9.17) is 0 Å². The Morgan fingerprint density at radius 1 is 1.26 bits per heavy atom. The van der Waals surface area contributed by atoms with Crippen molar-refractivity contribution in [3.05, 3.63) is 41.5 Å². The van der Waals surface area contributed by atoms with E-state index in [0.29, 0.717) is 5.92 Å². The van der Waals surface area contributed by atoms with Crippen LogP contribution < -0.4 is 0 Å². The van der Waals surface area contributed by atoms with E-state index in [9.17, 15) is 4.46 Å². The molecule has 0 bridgehead atoms. The van der Waals surface area contributed by atoms with Gasteiger partial charge >= 0.3 is 8.84 Å². The Bertz CT molecular complexity index is 493. The second-order valence-electron chi connectivity index (χ2n) is 5.92. The van der Waals surface area contributed by atoms with Crippen molar-refractivity contribution in [1.29, 1.82) is 0 Å². The first-order valence-electron chi connectivity index (χ1n) is 6.43. The normalized spacial score (nSPS) is 16.7. The van der Waals surface area contributed by atoms with Crippen LogP contribution in [-0.2, 0) is 26.2 Å². The fourth-order valence-electron chi connectivity index (χ4n) is 2.20. The van der Waals surface area contributed by atoms with E-state index in [2.05, 4.69) is 57.2 Å². The molecule has 4 heteroatoms. The molecule has 2 nitrogen and oxygen atoms in total. The molecule has 0 aliphatic heterocycles. The van der Waals surface area contributed by atoms with Gasteiger partial charge in [-0.25, -0.2) is 0 Å². The van der Waals surface area contributed by atoms with E-state index >= 15 is 0 Å². The molecule has 0 saturated carbocycles. The zero-order chi connectivity index (χ0) is 13.3. The minimum atomic E-state index is -1.72. The average Bonchev–Trinajstić information content (AvgIpc) is 2.70. The molecule has 0 amide bonds. The van der Waals surface area contributed by atoms with Gasteiger partial charge in [0.05, 0.1) is 0 Å². The van der Waals surface area contributed by atoms with Gasteiger partial charge in [-0.1, -0.05) is 36.4 Å². The van der Waals surface area contributed by atoms with Crippen LogP contribution in [0.15, 0.2) is 30.3 Å². The van der Waals surface area contributed by atoms with Gasteiger partial charge in [0.25, 0.3) is 0 Å². The molecule has 0 N–H and O–H groups in total. The number of hydrogen-bond donors (Lipinski definition) is 0. The van der Waals surface area contributed by atoms with Crippen molar-refractivity contribution in [1.82, 2.24) is 4.57 Å². The van der Waals surface area contributed by atoms with Crippen molar-refractivity contribution in [2.45, 2.75) is 38.3 Å². The first kappa shape index (κ1) is 16.5. The SMILES string of the molecule is CN([Si](=O)CC1C=Cc2ccccc21)C(C)(C)C.[Ti]. The van der Waals surface area contributed by atoms with Crippen LogP contribution in [0.4, 0.5) is 0 Å². The topological polar surface area (TPSA) is 20.3 Å². The quantitative estimate of drug-likeness (QED) is 0.797. The zero-order valence-corrected chi connectivity index (χ0v) is 14.7. The molecule has 0 aromatic heterocycles. The molecule has 1 aromatic rings. The Balaban J connectivity index is 0.00000180. The maximum atomic E-state index is 12.4. The van der Waals surface area contributed by atoms with Crippen LogP contribution in [0.2, 0.25) is 6.04 Å². The molecule has 1 unspecified atom stereocenters. The smallest absolute Gasteiger partial charge is 0.375 e. The van der Waals surface area contributed by atoms with E-state index in [1.165, 1.54) is 11.1 Å². The Morgan fingerprint density at radius 2 is 1.89 bits per heavy atom. The van der Waals surface area contributed by atoms with Gasteiger partial charge in [-0.3, -0.25) is 0 Å². The number of benzene rings is 1. The van der Waals surface area contributed by atoms with E-state index in [1.807, 2.05) is 11.6 Å². The minimum Gasteiger partial charge on any atom is -0.375 e. The van der Waals surface area contributed by atoms with Crippen LogP contribution in [0.25, 0.3) is 6.08 Å². The number of hydrogen-bond acceptors (Lipinski definition) is 1. The third kappa shape index (κ3) is 3.74. The fraction of sp³-hybridized carbons (Fsp3) is 0.467. The summed E-state index contributed by atoms with van der Waals surface area (Å²) in [6.07, 6.45) is 4.33. The summed E-state index contributed by atoms with van der Waals surface area (Å²) in [5, 5.41) is 0. The molecule has 0 spiro atoms. The number of nitrogens with zero attached hydrogens (tertiary/aromatic N) is 1. The van der Waals surface area contributed by atoms with Gasteiger partial charge in [-0.15, -0.1) is 0 Å². The molecule has 1 aromatic carbocycles. The molecular formula is C15H21NOSiTi. The molecule has 1 atom stereocenters. The van der Waals surface area contributed by atoms with Crippen LogP contribution in [0.3, 0.4) is 0 Å². The molecule has 2 rings (SSSR count). The molecular weight excluding hydrogens is 286 g/mol. The predicted octanol–water partition coefficient (Wildman–Crippen LogP) is 3.44. The monoisotopic (exact) mass is 307 g/mol. The van der Waals surface area contributed by atoms with E-state index in [-0.39, 0.29) is 27.3 Å². The minimum absolute atomic E-state index is 0. The fourth-order valence-corrected chi connectivity index (χ4v) is 3.96. The van der Waals surface area contributed by atoms with Gasteiger partial charge in [-0.05, 0) is 31.9 Å². The second-order valence-corrected chi connectivity index (χ2v) is 7.79. The summed E-state index contributed by atoms with van der Waals surface area (Å²) in [5.41, 5.74) is 2.56. The number of allylic oxidation sites excluding steroid dienone is 1. The summed E-state index contributed by atoms with van der Waals surface area (Å²) in [6, 6.07) is 9.12. The first-order valence-corrected chi connectivity index (χ1v) is 7.99. The van der Waals surface area contributed by atoms with Gasteiger partial charge in [-0.2, -0.15) is 0 Å². The molecule has 1 aliphatic carbocycles. The Hall–Kier alpha value is -0.509. The predicted molar refractivity (Wildman–Crippen MR) is 77.0 cm³/mol. The van der Waals surface area contributed by atoms with Crippen molar-refractivity contribution in [3.63, 3.8) is 0 Å². The van der Waals surface area contributed by atoms with Gasteiger partial charge in [0, 0.05) is 46.3 Å². The number of rotatable bonds is 3. The summed E-state index contributed by atoms with van der Waals surface area (Å²) < 4.78 is 14.5. The molecule has 0 heterocycles. The van der Waals surface area contributed by atoms with Crippen molar-refractivity contribution in [2.75, 3.05) is 7.05 Å². The van der Waals surface area contributed by atoms with Crippen molar-refractivity contribution in [3.8, 4) is 0 Å². The molecule has 19 heavy (non-hydrogen) atoms.